The van der Waals surface area contributed by atoms with Gasteiger partial charge < -0.3 is 14.8 Å². The number of rotatable bonds is 8. The fourth-order valence-corrected chi connectivity index (χ4v) is 3.95. The average molecular weight is 442 g/mol. The highest BCUT2D eigenvalue weighted by Crippen LogP contribution is 2.30. The molecule has 2 aromatic carbocycles. The van der Waals surface area contributed by atoms with Crippen LogP contribution >= 0.6 is 11.8 Å². The maximum atomic E-state index is 12.7. The third-order valence-electron chi connectivity index (χ3n) is 4.53. The summed E-state index contributed by atoms with van der Waals surface area (Å²) in [5, 5.41) is 2.09. The van der Waals surface area contributed by atoms with Crippen molar-refractivity contribution in [1.29, 1.82) is 0 Å². The number of methoxy groups -OCH3 is 1. The van der Waals surface area contributed by atoms with Gasteiger partial charge in [-0.3, -0.25) is 14.4 Å². The predicted molar refractivity (Wildman–Crippen MR) is 117 cm³/mol. The van der Waals surface area contributed by atoms with E-state index in [4.69, 9.17) is 9.47 Å². The Morgan fingerprint density at radius 3 is 2.39 bits per heavy atom. The number of imide groups is 1. The Morgan fingerprint density at radius 1 is 1.10 bits per heavy atom. The summed E-state index contributed by atoms with van der Waals surface area (Å²) in [4.78, 5) is 50.1. The zero-order valence-corrected chi connectivity index (χ0v) is 17.9. The first-order valence-corrected chi connectivity index (χ1v) is 10.7. The molecule has 1 heterocycles. The van der Waals surface area contributed by atoms with Crippen LogP contribution in [-0.2, 0) is 19.1 Å². The van der Waals surface area contributed by atoms with E-state index in [0.29, 0.717) is 22.7 Å². The summed E-state index contributed by atoms with van der Waals surface area (Å²) in [7, 11) is 1.54. The van der Waals surface area contributed by atoms with Crippen LogP contribution in [0, 0.1) is 0 Å². The van der Waals surface area contributed by atoms with Crippen molar-refractivity contribution in [2.45, 2.75) is 18.6 Å². The van der Waals surface area contributed by atoms with Gasteiger partial charge in [0.25, 0.3) is 0 Å². The van der Waals surface area contributed by atoms with Crippen molar-refractivity contribution in [3.63, 3.8) is 0 Å². The number of esters is 1. The lowest BCUT2D eigenvalue weighted by atomic mass is 10.2. The molecule has 0 spiro atoms. The topological polar surface area (TPSA) is 102 Å². The van der Waals surface area contributed by atoms with E-state index >= 15 is 0 Å². The van der Waals surface area contributed by atoms with Crippen LogP contribution in [0.25, 0.3) is 0 Å². The minimum absolute atomic E-state index is 0.0137. The number of hydrogen-bond donors (Lipinski definition) is 1. The number of nitrogens with one attached hydrogen (secondary N) is 1. The van der Waals surface area contributed by atoms with Crippen LogP contribution in [0.1, 0.15) is 23.7 Å². The molecule has 1 aliphatic rings. The van der Waals surface area contributed by atoms with Gasteiger partial charge in [0, 0.05) is 12.1 Å². The van der Waals surface area contributed by atoms with Crippen LogP contribution in [0.4, 0.5) is 11.4 Å². The summed E-state index contributed by atoms with van der Waals surface area (Å²) < 4.78 is 10.0. The lowest BCUT2D eigenvalue weighted by Crippen LogP contribution is -2.31. The molecule has 0 aliphatic carbocycles. The second-order valence-electron chi connectivity index (χ2n) is 6.62. The molecule has 3 amide bonds. The molecule has 0 aromatic heterocycles. The normalized spacial score (nSPS) is 15.7. The minimum Gasteiger partial charge on any atom is -0.497 e. The van der Waals surface area contributed by atoms with Crippen molar-refractivity contribution in [3.05, 3.63) is 54.1 Å². The zero-order valence-electron chi connectivity index (χ0n) is 17.1. The van der Waals surface area contributed by atoms with Crippen molar-refractivity contribution in [3.8, 4) is 5.75 Å². The lowest BCUT2D eigenvalue weighted by molar-refractivity contribution is -0.121. The number of benzene rings is 2. The smallest absolute Gasteiger partial charge is 0.338 e. The Kier molecular flexibility index (Phi) is 7.30. The first-order valence-electron chi connectivity index (χ1n) is 9.62. The third kappa shape index (κ3) is 5.43. The van der Waals surface area contributed by atoms with Gasteiger partial charge in [0.1, 0.15) is 5.75 Å². The van der Waals surface area contributed by atoms with Crippen LogP contribution < -0.4 is 15.0 Å². The number of carbonyl (C=O) groups excluding carboxylic acids is 4. The van der Waals surface area contributed by atoms with Gasteiger partial charge in [-0.25, -0.2) is 9.69 Å². The highest BCUT2D eigenvalue weighted by atomic mass is 32.2. The molecule has 9 heteroatoms. The summed E-state index contributed by atoms with van der Waals surface area (Å²) in [6, 6.07) is 13.0. The monoisotopic (exact) mass is 442 g/mol. The second-order valence-corrected chi connectivity index (χ2v) is 7.81. The number of hydrogen-bond acceptors (Lipinski definition) is 7. The molecule has 1 fully saturated rings. The number of ether oxygens (including phenoxy) is 2. The van der Waals surface area contributed by atoms with Gasteiger partial charge in [0.05, 0.1) is 36.0 Å². The van der Waals surface area contributed by atoms with E-state index in [1.807, 2.05) is 0 Å². The van der Waals surface area contributed by atoms with E-state index in [2.05, 4.69) is 5.32 Å². The molecule has 0 radical (unpaired) electrons. The van der Waals surface area contributed by atoms with E-state index in [1.54, 1.807) is 55.5 Å². The predicted octanol–water partition coefficient (Wildman–Crippen LogP) is 2.88. The van der Waals surface area contributed by atoms with E-state index < -0.39 is 11.2 Å². The maximum Gasteiger partial charge on any atom is 0.338 e. The molecule has 1 aliphatic heterocycles. The Hall–Kier alpha value is -3.33. The number of thioether (sulfide) groups is 1. The van der Waals surface area contributed by atoms with Gasteiger partial charge in [-0.05, 0) is 55.5 Å². The summed E-state index contributed by atoms with van der Waals surface area (Å²) in [5.74, 6) is -0.742. The van der Waals surface area contributed by atoms with Crippen LogP contribution in [0.5, 0.6) is 5.75 Å². The summed E-state index contributed by atoms with van der Waals surface area (Å²) in [6.45, 7) is 2.01. The number of nitrogens with zero attached hydrogens (tertiary/aromatic N) is 1. The molecule has 1 N–H and O–H groups in total. The Bertz CT molecular complexity index is 975. The third-order valence-corrected chi connectivity index (χ3v) is 5.73. The van der Waals surface area contributed by atoms with Crippen LogP contribution in [-0.4, -0.2) is 48.4 Å². The van der Waals surface area contributed by atoms with Crippen molar-refractivity contribution in [2.24, 2.45) is 0 Å². The van der Waals surface area contributed by atoms with Crippen LogP contribution in [0.2, 0.25) is 0 Å². The molecule has 1 atom stereocenters. The van der Waals surface area contributed by atoms with Gasteiger partial charge in [-0.2, -0.15) is 0 Å². The van der Waals surface area contributed by atoms with E-state index in [1.165, 1.54) is 7.11 Å². The molecule has 162 valence electrons. The zero-order chi connectivity index (χ0) is 22.4. The highest BCUT2D eigenvalue weighted by Gasteiger charge is 2.40. The maximum absolute atomic E-state index is 12.7. The summed E-state index contributed by atoms with van der Waals surface area (Å²) >= 11 is 1.12. The van der Waals surface area contributed by atoms with E-state index in [-0.39, 0.29) is 36.5 Å². The largest absolute Gasteiger partial charge is 0.497 e. The van der Waals surface area contributed by atoms with Crippen molar-refractivity contribution in [2.75, 3.05) is 29.7 Å². The standard InChI is InChI=1S/C22H22N2O6S/c1-3-30-22(28)14-4-6-15(7-5-14)23-19(25)13-31-18-12-20(26)24(21(18)27)16-8-10-17(29-2)11-9-16/h4-11,18H,3,12-13H2,1-2H3,(H,23,25). The van der Waals surface area contributed by atoms with Crippen LogP contribution in [0.15, 0.2) is 48.5 Å². The van der Waals surface area contributed by atoms with Gasteiger partial charge in [0.15, 0.2) is 0 Å². The minimum atomic E-state index is -0.619. The highest BCUT2D eigenvalue weighted by molar-refractivity contribution is 8.01. The van der Waals surface area contributed by atoms with Crippen molar-refractivity contribution >= 4 is 46.8 Å². The Labute approximate surface area is 183 Å². The average Bonchev–Trinajstić information content (AvgIpc) is 3.06. The number of amides is 3. The molecule has 1 unspecified atom stereocenters. The molecule has 1 saturated heterocycles. The molecule has 0 bridgehead atoms. The quantitative estimate of drug-likeness (QED) is 0.495. The molecule has 31 heavy (non-hydrogen) atoms. The summed E-state index contributed by atoms with van der Waals surface area (Å²) in [6.07, 6.45) is 0.0387. The first kappa shape index (κ1) is 22.4. The van der Waals surface area contributed by atoms with Gasteiger partial charge >= 0.3 is 5.97 Å². The molecule has 0 saturated carbocycles. The summed E-state index contributed by atoms with van der Waals surface area (Å²) in [5.41, 5.74) is 1.39. The molecule has 8 nitrogen and oxygen atoms in total. The van der Waals surface area contributed by atoms with Gasteiger partial charge in [-0.1, -0.05) is 0 Å². The van der Waals surface area contributed by atoms with E-state index in [0.717, 1.165) is 16.7 Å². The second kappa shape index (κ2) is 10.1. The van der Waals surface area contributed by atoms with Crippen molar-refractivity contribution < 1.29 is 28.7 Å². The number of anilines is 2. The van der Waals surface area contributed by atoms with Crippen molar-refractivity contribution in [1.82, 2.24) is 0 Å². The Morgan fingerprint density at radius 2 is 1.77 bits per heavy atom. The number of carbonyl (C=O) groups is 4. The van der Waals surface area contributed by atoms with Gasteiger partial charge in [0.2, 0.25) is 17.7 Å². The molecule has 3 rings (SSSR count). The SMILES string of the molecule is CCOC(=O)c1ccc(NC(=O)CSC2CC(=O)N(c3ccc(OC)cc3)C2=O)cc1. The molecular formula is C22H22N2O6S. The van der Waals surface area contributed by atoms with Crippen LogP contribution in [0.3, 0.4) is 0 Å². The van der Waals surface area contributed by atoms with E-state index in [9.17, 15) is 19.2 Å². The van der Waals surface area contributed by atoms with Gasteiger partial charge in [-0.15, -0.1) is 11.8 Å². The fourth-order valence-electron chi connectivity index (χ4n) is 3.01. The molecular weight excluding hydrogens is 420 g/mol. The first-order chi connectivity index (χ1) is 14.9. The molecule has 2 aromatic rings. The Balaban J connectivity index is 1.53. The lowest BCUT2D eigenvalue weighted by Gasteiger charge is -2.15. The fraction of sp³-hybridized carbons (Fsp3) is 0.273.